The number of carbonyl (C=O) groups is 1. The first kappa shape index (κ1) is 17.8. The van der Waals surface area contributed by atoms with E-state index in [1.165, 1.54) is 0 Å². The van der Waals surface area contributed by atoms with Gasteiger partial charge in [-0.15, -0.1) is 0 Å². The third kappa shape index (κ3) is 5.59. The van der Waals surface area contributed by atoms with E-state index in [9.17, 15) is 4.79 Å². The number of methoxy groups -OCH3 is 1. The van der Waals surface area contributed by atoms with Crippen molar-refractivity contribution in [3.05, 3.63) is 65.7 Å². The van der Waals surface area contributed by atoms with Gasteiger partial charge in [-0.25, -0.2) is 4.79 Å². The van der Waals surface area contributed by atoms with Gasteiger partial charge in [0.05, 0.1) is 12.6 Å². The van der Waals surface area contributed by atoms with E-state index in [1.54, 1.807) is 7.11 Å². The van der Waals surface area contributed by atoms with E-state index in [1.807, 2.05) is 61.5 Å². The first-order valence-electron chi connectivity index (χ1n) is 7.98. The molecule has 0 aliphatic carbocycles. The second kappa shape index (κ2) is 9.57. The van der Waals surface area contributed by atoms with Gasteiger partial charge in [0.15, 0.2) is 0 Å². The summed E-state index contributed by atoms with van der Waals surface area (Å²) in [4.78, 5) is 11.9. The number of hydrogen-bond donors (Lipinski definition) is 2. The van der Waals surface area contributed by atoms with Crippen molar-refractivity contribution in [3.8, 4) is 5.75 Å². The average Bonchev–Trinajstić information content (AvgIpc) is 2.61. The summed E-state index contributed by atoms with van der Waals surface area (Å²) in [5.74, 6) is 0.790. The monoisotopic (exact) mass is 328 g/mol. The summed E-state index contributed by atoms with van der Waals surface area (Å²) in [5.41, 5.74) is 2.22. The van der Waals surface area contributed by atoms with Crippen molar-refractivity contribution in [2.24, 2.45) is 0 Å². The van der Waals surface area contributed by atoms with E-state index in [2.05, 4.69) is 10.6 Å². The first-order valence-corrected chi connectivity index (χ1v) is 7.98. The lowest BCUT2D eigenvalue weighted by Crippen LogP contribution is -2.39. The zero-order valence-corrected chi connectivity index (χ0v) is 14.1. The van der Waals surface area contributed by atoms with Gasteiger partial charge in [0.1, 0.15) is 12.4 Å². The van der Waals surface area contributed by atoms with Gasteiger partial charge in [0.25, 0.3) is 0 Å². The smallest absolute Gasteiger partial charge is 0.315 e. The number of urea groups is 1. The first-order chi connectivity index (χ1) is 11.7. The highest BCUT2D eigenvalue weighted by molar-refractivity contribution is 5.73. The van der Waals surface area contributed by atoms with Crippen molar-refractivity contribution in [2.75, 3.05) is 26.8 Å². The zero-order valence-electron chi connectivity index (χ0n) is 14.1. The second-order valence-corrected chi connectivity index (χ2v) is 5.38. The maximum absolute atomic E-state index is 11.9. The fourth-order valence-corrected chi connectivity index (χ4v) is 2.37. The van der Waals surface area contributed by atoms with Crippen LogP contribution in [0.25, 0.3) is 0 Å². The molecule has 5 nitrogen and oxygen atoms in total. The molecule has 0 bridgehead atoms. The van der Waals surface area contributed by atoms with Crippen molar-refractivity contribution in [1.82, 2.24) is 10.6 Å². The summed E-state index contributed by atoms with van der Waals surface area (Å²) in [7, 11) is 1.64. The Morgan fingerprint density at radius 3 is 2.46 bits per heavy atom. The van der Waals surface area contributed by atoms with Crippen LogP contribution in [0.15, 0.2) is 54.6 Å². The van der Waals surface area contributed by atoms with Gasteiger partial charge in [-0.05, 0) is 30.2 Å². The fraction of sp³-hybridized carbons (Fsp3) is 0.316. The molecule has 24 heavy (non-hydrogen) atoms. The normalized spacial score (nSPS) is 11.6. The van der Waals surface area contributed by atoms with Crippen molar-refractivity contribution in [1.29, 1.82) is 0 Å². The summed E-state index contributed by atoms with van der Waals surface area (Å²) < 4.78 is 11.0. The van der Waals surface area contributed by atoms with Crippen molar-refractivity contribution in [3.63, 3.8) is 0 Å². The maximum Gasteiger partial charge on any atom is 0.315 e. The van der Waals surface area contributed by atoms with Crippen LogP contribution >= 0.6 is 0 Å². The number of rotatable bonds is 8. The Morgan fingerprint density at radius 2 is 1.75 bits per heavy atom. The SMILES string of the molecule is COC(CNC(=O)NCCOc1ccccc1)c1ccccc1C. The summed E-state index contributed by atoms with van der Waals surface area (Å²) in [6.07, 6.45) is -0.169. The lowest BCUT2D eigenvalue weighted by atomic mass is 10.0. The van der Waals surface area contributed by atoms with Crippen LogP contribution in [0.4, 0.5) is 4.79 Å². The molecule has 0 aliphatic rings. The molecular formula is C19H24N2O3. The highest BCUT2D eigenvalue weighted by atomic mass is 16.5. The topological polar surface area (TPSA) is 59.6 Å². The summed E-state index contributed by atoms with van der Waals surface area (Å²) in [5, 5.41) is 5.60. The Kier molecular flexibility index (Phi) is 7.11. The molecule has 0 saturated heterocycles. The van der Waals surface area contributed by atoms with E-state index >= 15 is 0 Å². The summed E-state index contributed by atoms with van der Waals surface area (Å²) in [6, 6.07) is 17.3. The maximum atomic E-state index is 11.9. The molecule has 5 heteroatoms. The van der Waals surface area contributed by atoms with Crippen LogP contribution in [0.5, 0.6) is 5.75 Å². The van der Waals surface area contributed by atoms with Crippen LogP contribution < -0.4 is 15.4 Å². The van der Waals surface area contributed by atoms with Gasteiger partial charge in [-0.1, -0.05) is 42.5 Å². The largest absolute Gasteiger partial charge is 0.492 e. The third-order valence-corrected chi connectivity index (χ3v) is 3.67. The number of amides is 2. The van der Waals surface area contributed by atoms with Crippen molar-refractivity contribution >= 4 is 6.03 Å². The number of aryl methyl sites for hydroxylation is 1. The zero-order chi connectivity index (χ0) is 17.2. The molecule has 2 amide bonds. The minimum atomic E-state index is -0.234. The number of nitrogens with one attached hydrogen (secondary N) is 2. The number of carbonyl (C=O) groups excluding carboxylic acids is 1. The van der Waals surface area contributed by atoms with Gasteiger partial charge in [0, 0.05) is 13.7 Å². The Bertz CT molecular complexity index is 632. The van der Waals surface area contributed by atoms with E-state index < -0.39 is 0 Å². The van der Waals surface area contributed by atoms with Crippen molar-refractivity contribution < 1.29 is 14.3 Å². The molecule has 0 aliphatic heterocycles. The number of benzene rings is 2. The van der Waals surface area contributed by atoms with Crippen LogP contribution in [-0.2, 0) is 4.74 Å². The minimum Gasteiger partial charge on any atom is -0.492 e. The lowest BCUT2D eigenvalue weighted by Gasteiger charge is -2.18. The third-order valence-electron chi connectivity index (χ3n) is 3.67. The van der Waals surface area contributed by atoms with E-state index in [4.69, 9.17) is 9.47 Å². The fourth-order valence-electron chi connectivity index (χ4n) is 2.37. The Hall–Kier alpha value is -2.53. The number of hydrogen-bond acceptors (Lipinski definition) is 3. The Balaban J connectivity index is 1.69. The predicted octanol–water partition coefficient (Wildman–Crippen LogP) is 3.06. The molecule has 2 rings (SSSR count). The van der Waals surface area contributed by atoms with Crippen LogP contribution in [0.3, 0.4) is 0 Å². The van der Waals surface area contributed by atoms with Crippen LogP contribution in [0, 0.1) is 6.92 Å². The molecule has 0 heterocycles. The molecular weight excluding hydrogens is 304 g/mol. The summed E-state index contributed by atoms with van der Waals surface area (Å²) in [6.45, 7) is 3.29. The lowest BCUT2D eigenvalue weighted by molar-refractivity contribution is 0.103. The van der Waals surface area contributed by atoms with E-state index in [-0.39, 0.29) is 12.1 Å². The Morgan fingerprint density at radius 1 is 1.04 bits per heavy atom. The molecule has 0 aromatic heterocycles. The molecule has 2 aromatic rings. The van der Waals surface area contributed by atoms with Gasteiger partial charge in [-0.3, -0.25) is 0 Å². The van der Waals surface area contributed by atoms with Gasteiger partial charge in [0.2, 0.25) is 0 Å². The van der Waals surface area contributed by atoms with Gasteiger partial charge in [-0.2, -0.15) is 0 Å². The molecule has 128 valence electrons. The molecule has 0 fully saturated rings. The highest BCUT2D eigenvalue weighted by Crippen LogP contribution is 2.19. The molecule has 0 radical (unpaired) electrons. The molecule has 1 unspecified atom stereocenters. The second-order valence-electron chi connectivity index (χ2n) is 5.38. The average molecular weight is 328 g/mol. The molecule has 0 spiro atoms. The molecule has 2 aromatic carbocycles. The van der Waals surface area contributed by atoms with E-state index in [0.29, 0.717) is 19.7 Å². The van der Waals surface area contributed by atoms with Crippen LogP contribution in [0.2, 0.25) is 0 Å². The Labute approximate surface area is 143 Å². The number of para-hydroxylation sites is 1. The van der Waals surface area contributed by atoms with Crippen LogP contribution in [0.1, 0.15) is 17.2 Å². The predicted molar refractivity (Wildman–Crippen MR) is 94.3 cm³/mol. The van der Waals surface area contributed by atoms with Crippen LogP contribution in [-0.4, -0.2) is 32.8 Å². The quantitative estimate of drug-likeness (QED) is 0.732. The minimum absolute atomic E-state index is 0.169. The number of ether oxygens (including phenoxy) is 2. The van der Waals surface area contributed by atoms with E-state index in [0.717, 1.165) is 16.9 Å². The standard InChI is InChI=1S/C19H24N2O3/c1-15-8-6-7-11-17(15)18(23-2)14-21-19(22)20-12-13-24-16-9-4-3-5-10-16/h3-11,18H,12-14H2,1-2H3,(H2,20,21,22). The molecule has 0 saturated carbocycles. The molecule has 1 atom stereocenters. The highest BCUT2D eigenvalue weighted by Gasteiger charge is 2.13. The molecule has 2 N–H and O–H groups in total. The van der Waals surface area contributed by atoms with Gasteiger partial charge < -0.3 is 20.1 Å². The summed E-state index contributed by atoms with van der Waals surface area (Å²) >= 11 is 0. The van der Waals surface area contributed by atoms with Crippen molar-refractivity contribution in [2.45, 2.75) is 13.0 Å². The van der Waals surface area contributed by atoms with Gasteiger partial charge >= 0.3 is 6.03 Å².